The number of aliphatic hydroxyl groups excluding tert-OH is 1. The number of nitrogens with zero attached hydrogens (tertiary/aromatic N) is 1. The minimum absolute atomic E-state index is 0.186. The summed E-state index contributed by atoms with van der Waals surface area (Å²) in [6, 6.07) is 1.48. The van der Waals surface area contributed by atoms with Gasteiger partial charge in [-0.15, -0.1) is 0 Å². The minimum atomic E-state index is -0.186. The van der Waals surface area contributed by atoms with Gasteiger partial charge in [-0.1, -0.05) is 27.7 Å². The topological polar surface area (TPSA) is 35.5 Å². The summed E-state index contributed by atoms with van der Waals surface area (Å²) in [4.78, 5) is 2.52. The molecule has 0 aliphatic carbocycles. The third-order valence-corrected chi connectivity index (χ3v) is 3.82. The van der Waals surface area contributed by atoms with E-state index in [9.17, 15) is 5.11 Å². The van der Waals surface area contributed by atoms with Gasteiger partial charge in [0, 0.05) is 23.7 Å². The van der Waals surface area contributed by atoms with Crippen LogP contribution in [0.1, 0.15) is 61.3 Å². The maximum absolute atomic E-state index is 9.65. The van der Waals surface area contributed by atoms with Crippen molar-refractivity contribution >= 4 is 0 Å². The molecule has 3 atom stereocenters. The van der Waals surface area contributed by atoms with Crippen LogP contribution in [0.5, 0.6) is 0 Å². The van der Waals surface area contributed by atoms with Crippen LogP contribution >= 0.6 is 0 Å². The van der Waals surface area contributed by atoms with Crippen LogP contribution in [0.2, 0.25) is 0 Å². The summed E-state index contributed by atoms with van der Waals surface area (Å²) in [6.07, 6.45) is 2.14. The summed E-state index contributed by atoms with van der Waals surface area (Å²) < 4.78 is 0. The molecular formula is C15H34N2O. The van der Waals surface area contributed by atoms with Gasteiger partial charge in [-0.25, -0.2) is 0 Å². The zero-order valence-electron chi connectivity index (χ0n) is 13.5. The molecule has 110 valence electrons. The number of nitrogens with one attached hydrogen (secondary N) is 1. The van der Waals surface area contributed by atoms with Crippen molar-refractivity contribution in [3.8, 4) is 0 Å². The smallest absolute Gasteiger partial charge is 0.0611 e. The number of hydrogen-bond acceptors (Lipinski definition) is 3. The van der Waals surface area contributed by atoms with Crippen LogP contribution in [0, 0.1) is 0 Å². The van der Waals surface area contributed by atoms with E-state index >= 15 is 0 Å². The Balaban J connectivity index is 4.62. The molecule has 0 saturated carbocycles. The summed E-state index contributed by atoms with van der Waals surface area (Å²) in [5, 5.41) is 13.1. The summed E-state index contributed by atoms with van der Waals surface area (Å²) in [7, 11) is 0. The SMILES string of the molecule is CCC(C)N(CC)C(C)CC(C)(CO)NC(C)C. The predicted molar refractivity (Wildman–Crippen MR) is 80.0 cm³/mol. The Hall–Kier alpha value is -0.120. The van der Waals surface area contributed by atoms with Crippen LogP contribution < -0.4 is 5.32 Å². The molecule has 0 aromatic heterocycles. The highest BCUT2D eigenvalue weighted by Gasteiger charge is 2.29. The van der Waals surface area contributed by atoms with E-state index in [1.54, 1.807) is 0 Å². The fraction of sp³-hybridized carbons (Fsp3) is 1.00. The number of rotatable bonds is 9. The fourth-order valence-corrected chi connectivity index (χ4v) is 2.93. The molecule has 3 unspecified atom stereocenters. The Labute approximate surface area is 114 Å². The molecule has 0 bridgehead atoms. The maximum Gasteiger partial charge on any atom is 0.0611 e. The molecule has 0 fully saturated rings. The fourth-order valence-electron chi connectivity index (χ4n) is 2.93. The third kappa shape index (κ3) is 5.68. The number of aliphatic hydroxyl groups is 1. The lowest BCUT2D eigenvalue weighted by Gasteiger charge is -2.40. The standard InChI is InChI=1S/C15H34N2O/c1-8-13(5)17(9-2)14(6)10-15(7,11-18)16-12(3)4/h12-14,16,18H,8-11H2,1-7H3. The highest BCUT2D eigenvalue weighted by molar-refractivity contribution is 4.89. The van der Waals surface area contributed by atoms with Gasteiger partial charge in [0.15, 0.2) is 0 Å². The van der Waals surface area contributed by atoms with Crippen molar-refractivity contribution in [1.82, 2.24) is 10.2 Å². The highest BCUT2D eigenvalue weighted by Crippen LogP contribution is 2.19. The third-order valence-electron chi connectivity index (χ3n) is 3.82. The van der Waals surface area contributed by atoms with Gasteiger partial charge >= 0.3 is 0 Å². The lowest BCUT2D eigenvalue weighted by molar-refractivity contribution is 0.0904. The van der Waals surface area contributed by atoms with Crippen molar-refractivity contribution in [3.63, 3.8) is 0 Å². The van der Waals surface area contributed by atoms with Gasteiger partial charge in [0.2, 0.25) is 0 Å². The van der Waals surface area contributed by atoms with Gasteiger partial charge in [-0.05, 0) is 40.2 Å². The first-order chi connectivity index (χ1) is 8.29. The van der Waals surface area contributed by atoms with Crippen molar-refractivity contribution in [2.75, 3.05) is 13.2 Å². The molecule has 0 spiro atoms. The van der Waals surface area contributed by atoms with Crippen LogP contribution in [0.3, 0.4) is 0 Å². The first-order valence-corrected chi connectivity index (χ1v) is 7.43. The molecular weight excluding hydrogens is 224 g/mol. The monoisotopic (exact) mass is 258 g/mol. The van der Waals surface area contributed by atoms with Gasteiger partial charge in [0.1, 0.15) is 0 Å². The van der Waals surface area contributed by atoms with E-state index in [2.05, 4.69) is 58.7 Å². The highest BCUT2D eigenvalue weighted by atomic mass is 16.3. The molecule has 0 heterocycles. The van der Waals surface area contributed by atoms with E-state index in [1.165, 1.54) is 6.42 Å². The van der Waals surface area contributed by atoms with E-state index in [4.69, 9.17) is 0 Å². The minimum Gasteiger partial charge on any atom is -0.394 e. The molecule has 0 radical (unpaired) electrons. The maximum atomic E-state index is 9.65. The lowest BCUT2D eigenvalue weighted by atomic mass is 9.92. The largest absolute Gasteiger partial charge is 0.394 e. The van der Waals surface area contributed by atoms with Crippen molar-refractivity contribution in [1.29, 1.82) is 0 Å². The van der Waals surface area contributed by atoms with Crippen LogP contribution in [-0.2, 0) is 0 Å². The molecule has 3 heteroatoms. The molecule has 2 N–H and O–H groups in total. The molecule has 0 amide bonds. The van der Waals surface area contributed by atoms with Gasteiger partial charge in [-0.2, -0.15) is 0 Å². The van der Waals surface area contributed by atoms with Crippen molar-refractivity contribution in [2.24, 2.45) is 0 Å². The normalized spacial score (nSPS) is 19.0. The average Bonchev–Trinajstić information content (AvgIpc) is 2.28. The van der Waals surface area contributed by atoms with Crippen LogP contribution in [-0.4, -0.2) is 46.8 Å². The van der Waals surface area contributed by atoms with Gasteiger partial charge in [0.25, 0.3) is 0 Å². The average molecular weight is 258 g/mol. The molecule has 0 rings (SSSR count). The van der Waals surface area contributed by atoms with Gasteiger partial charge in [0.05, 0.1) is 6.61 Å². The Morgan fingerprint density at radius 1 is 1.11 bits per heavy atom. The van der Waals surface area contributed by atoms with Crippen molar-refractivity contribution in [2.45, 2.75) is 85.0 Å². The first-order valence-electron chi connectivity index (χ1n) is 7.43. The van der Waals surface area contributed by atoms with E-state index in [0.717, 1.165) is 13.0 Å². The van der Waals surface area contributed by atoms with E-state index < -0.39 is 0 Å². The summed E-state index contributed by atoms with van der Waals surface area (Å²) in [6.45, 7) is 16.6. The molecule has 0 aromatic rings. The molecule has 3 nitrogen and oxygen atoms in total. The van der Waals surface area contributed by atoms with Gasteiger partial charge < -0.3 is 10.4 Å². The predicted octanol–water partition coefficient (Wildman–Crippen LogP) is 2.63. The summed E-state index contributed by atoms with van der Waals surface area (Å²) in [5.41, 5.74) is -0.186. The second-order valence-electron chi connectivity index (χ2n) is 6.16. The molecule has 0 saturated heterocycles. The molecule has 0 aliphatic heterocycles. The molecule has 0 aromatic carbocycles. The van der Waals surface area contributed by atoms with E-state index in [-0.39, 0.29) is 12.1 Å². The lowest BCUT2D eigenvalue weighted by Crippen LogP contribution is -2.53. The van der Waals surface area contributed by atoms with E-state index in [1.807, 2.05) is 0 Å². The van der Waals surface area contributed by atoms with Gasteiger partial charge in [-0.3, -0.25) is 4.90 Å². The Morgan fingerprint density at radius 2 is 1.67 bits per heavy atom. The summed E-state index contributed by atoms with van der Waals surface area (Å²) in [5.74, 6) is 0. The Bertz CT molecular complexity index is 221. The zero-order valence-corrected chi connectivity index (χ0v) is 13.5. The van der Waals surface area contributed by atoms with E-state index in [0.29, 0.717) is 18.1 Å². The van der Waals surface area contributed by atoms with Crippen LogP contribution in [0.25, 0.3) is 0 Å². The van der Waals surface area contributed by atoms with Crippen LogP contribution in [0.15, 0.2) is 0 Å². The molecule has 18 heavy (non-hydrogen) atoms. The first kappa shape index (κ1) is 17.9. The quantitative estimate of drug-likeness (QED) is 0.667. The second-order valence-corrected chi connectivity index (χ2v) is 6.16. The van der Waals surface area contributed by atoms with Crippen molar-refractivity contribution < 1.29 is 5.11 Å². The second kappa shape index (κ2) is 8.13. The Morgan fingerprint density at radius 3 is 2.00 bits per heavy atom. The zero-order chi connectivity index (χ0) is 14.3. The molecule has 0 aliphatic rings. The van der Waals surface area contributed by atoms with Crippen molar-refractivity contribution in [3.05, 3.63) is 0 Å². The number of hydrogen-bond donors (Lipinski definition) is 2. The summed E-state index contributed by atoms with van der Waals surface area (Å²) >= 11 is 0. The van der Waals surface area contributed by atoms with Crippen LogP contribution in [0.4, 0.5) is 0 Å². The Kier molecular flexibility index (Phi) is 8.08.